The van der Waals surface area contributed by atoms with E-state index in [4.69, 9.17) is 4.42 Å². The summed E-state index contributed by atoms with van der Waals surface area (Å²) in [6, 6.07) is 90.1. The van der Waals surface area contributed by atoms with Crippen molar-refractivity contribution in [1.29, 1.82) is 0 Å². The van der Waals surface area contributed by atoms with Crippen molar-refractivity contribution < 1.29 is 4.42 Å². The molecular formula is C61H41NO. The predicted molar refractivity (Wildman–Crippen MR) is 262 cm³/mol. The summed E-state index contributed by atoms with van der Waals surface area (Å²) in [7, 11) is 0. The zero-order valence-corrected chi connectivity index (χ0v) is 34.5. The Labute approximate surface area is 367 Å². The minimum atomic E-state index is -0.431. The van der Waals surface area contributed by atoms with Gasteiger partial charge < -0.3 is 9.32 Å². The van der Waals surface area contributed by atoms with Crippen molar-refractivity contribution in [1.82, 2.24) is 0 Å². The second-order valence-corrected chi connectivity index (χ2v) is 16.4. The molecule has 1 heterocycles. The van der Waals surface area contributed by atoms with E-state index in [-0.39, 0.29) is 0 Å². The first-order chi connectivity index (χ1) is 31.2. The second-order valence-electron chi connectivity index (χ2n) is 16.4. The molecule has 0 bridgehead atoms. The summed E-state index contributed by atoms with van der Waals surface area (Å²) in [4.78, 5) is 2.36. The monoisotopic (exact) mass is 803 g/mol. The van der Waals surface area contributed by atoms with Crippen LogP contribution in [0.3, 0.4) is 0 Å². The molecule has 296 valence electrons. The molecule has 0 unspecified atom stereocenters. The lowest BCUT2D eigenvalue weighted by molar-refractivity contribution is 0.670. The molecule has 0 saturated carbocycles. The van der Waals surface area contributed by atoms with Gasteiger partial charge in [0.05, 0.1) is 5.41 Å². The van der Waals surface area contributed by atoms with Gasteiger partial charge in [-0.1, -0.05) is 200 Å². The third-order valence-electron chi connectivity index (χ3n) is 13.0. The van der Waals surface area contributed by atoms with Crippen molar-refractivity contribution in [3.8, 4) is 44.5 Å². The van der Waals surface area contributed by atoms with Gasteiger partial charge in [0.15, 0.2) is 0 Å². The first-order valence-electron chi connectivity index (χ1n) is 21.7. The smallest absolute Gasteiger partial charge is 0.143 e. The van der Waals surface area contributed by atoms with Crippen molar-refractivity contribution in [3.05, 3.63) is 271 Å². The number of furan rings is 1. The average Bonchev–Trinajstić information content (AvgIpc) is 3.89. The minimum absolute atomic E-state index is 0.431. The van der Waals surface area contributed by atoms with Crippen LogP contribution in [0.5, 0.6) is 0 Å². The van der Waals surface area contributed by atoms with E-state index in [1.807, 2.05) is 12.1 Å². The molecule has 0 amide bonds. The highest BCUT2D eigenvalue weighted by Gasteiger charge is 2.46. The molecule has 1 aromatic heterocycles. The highest BCUT2D eigenvalue weighted by atomic mass is 16.3. The molecule has 0 saturated heterocycles. The standard InChI is InChI=1S/C61H41NO/c1-4-16-42(17-5-1)43-30-35-49(36-31-43)62(50-37-32-44(33-38-50)52-26-15-27-55-54-25-11-13-29-59(54)63-60(52)55)51-23-14-18-45(40-51)46-34-39-58-56(41-46)53-24-10-12-28-57(53)61(58,47-19-6-2-7-20-47)48-21-8-3-9-22-48/h1-41H. The Morgan fingerprint density at radius 1 is 0.302 bits per heavy atom. The third kappa shape index (κ3) is 6.02. The molecule has 2 heteroatoms. The van der Waals surface area contributed by atoms with Crippen molar-refractivity contribution in [2.45, 2.75) is 5.41 Å². The molecule has 10 aromatic carbocycles. The van der Waals surface area contributed by atoms with Crippen LogP contribution >= 0.6 is 0 Å². The van der Waals surface area contributed by atoms with Gasteiger partial charge in [0.1, 0.15) is 11.2 Å². The van der Waals surface area contributed by atoms with Crippen LogP contribution in [0.1, 0.15) is 22.3 Å². The van der Waals surface area contributed by atoms with E-state index in [9.17, 15) is 0 Å². The first-order valence-corrected chi connectivity index (χ1v) is 21.7. The molecule has 63 heavy (non-hydrogen) atoms. The molecule has 12 rings (SSSR count). The lowest BCUT2D eigenvalue weighted by atomic mass is 9.67. The average molecular weight is 804 g/mol. The van der Waals surface area contributed by atoms with Crippen LogP contribution in [0.25, 0.3) is 66.4 Å². The van der Waals surface area contributed by atoms with Crippen LogP contribution in [0.15, 0.2) is 253 Å². The van der Waals surface area contributed by atoms with Crippen molar-refractivity contribution in [3.63, 3.8) is 0 Å². The minimum Gasteiger partial charge on any atom is -0.455 e. The molecule has 0 fully saturated rings. The van der Waals surface area contributed by atoms with Crippen molar-refractivity contribution in [2.24, 2.45) is 0 Å². The molecule has 0 aliphatic heterocycles. The van der Waals surface area contributed by atoms with Gasteiger partial charge in [0.2, 0.25) is 0 Å². The zero-order chi connectivity index (χ0) is 41.7. The summed E-state index contributed by atoms with van der Waals surface area (Å²) in [5.41, 5.74) is 19.2. The Hall–Kier alpha value is -8.20. The van der Waals surface area contributed by atoms with Gasteiger partial charge in [-0.2, -0.15) is 0 Å². The van der Waals surface area contributed by atoms with E-state index >= 15 is 0 Å². The molecule has 1 aliphatic carbocycles. The van der Waals surface area contributed by atoms with Crippen LogP contribution in [-0.2, 0) is 5.41 Å². The van der Waals surface area contributed by atoms with Crippen LogP contribution in [-0.4, -0.2) is 0 Å². The maximum atomic E-state index is 6.45. The lowest BCUT2D eigenvalue weighted by Gasteiger charge is -2.33. The molecule has 0 radical (unpaired) electrons. The fourth-order valence-corrected chi connectivity index (χ4v) is 10.1. The summed E-state index contributed by atoms with van der Waals surface area (Å²) < 4.78 is 6.45. The molecule has 0 N–H and O–H groups in total. The fraction of sp³-hybridized carbons (Fsp3) is 0.0164. The molecule has 2 nitrogen and oxygen atoms in total. The van der Waals surface area contributed by atoms with Gasteiger partial charge in [-0.05, 0) is 110 Å². The zero-order valence-electron chi connectivity index (χ0n) is 34.5. The van der Waals surface area contributed by atoms with Crippen LogP contribution in [0.4, 0.5) is 17.1 Å². The largest absolute Gasteiger partial charge is 0.455 e. The second kappa shape index (κ2) is 15.1. The van der Waals surface area contributed by atoms with Gasteiger partial charge in [0.25, 0.3) is 0 Å². The van der Waals surface area contributed by atoms with Gasteiger partial charge in [-0.15, -0.1) is 0 Å². The number of anilines is 3. The Morgan fingerprint density at radius 2 is 0.810 bits per heavy atom. The summed E-state index contributed by atoms with van der Waals surface area (Å²) in [6.07, 6.45) is 0. The van der Waals surface area contributed by atoms with E-state index < -0.39 is 5.41 Å². The predicted octanol–water partition coefficient (Wildman–Crippen LogP) is 16.4. The Bertz CT molecular complexity index is 3380. The molecule has 11 aromatic rings. The maximum absolute atomic E-state index is 6.45. The highest BCUT2D eigenvalue weighted by Crippen LogP contribution is 2.56. The summed E-state index contributed by atoms with van der Waals surface area (Å²) in [5, 5.41) is 2.26. The van der Waals surface area contributed by atoms with Gasteiger partial charge in [-0.25, -0.2) is 0 Å². The number of benzene rings is 10. The highest BCUT2D eigenvalue weighted by molar-refractivity contribution is 6.09. The molecule has 1 aliphatic rings. The number of hydrogen-bond donors (Lipinski definition) is 0. The molecule has 0 spiro atoms. The summed E-state index contributed by atoms with van der Waals surface area (Å²) in [5.74, 6) is 0. The topological polar surface area (TPSA) is 16.4 Å². The van der Waals surface area contributed by atoms with Gasteiger partial charge in [0, 0.05) is 33.4 Å². The molecular weight excluding hydrogens is 763 g/mol. The van der Waals surface area contributed by atoms with E-state index in [0.717, 1.165) is 55.7 Å². The summed E-state index contributed by atoms with van der Waals surface area (Å²) in [6.45, 7) is 0. The van der Waals surface area contributed by atoms with Gasteiger partial charge in [-0.3, -0.25) is 0 Å². The Morgan fingerprint density at radius 3 is 1.54 bits per heavy atom. The number of hydrogen-bond acceptors (Lipinski definition) is 2. The number of rotatable bonds is 8. The van der Waals surface area contributed by atoms with Crippen molar-refractivity contribution in [2.75, 3.05) is 4.90 Å². The number of nitrogens with zero attached hydrogens (tertiary/aromatic N) is 1. The van der Waals surface area contributed by atoms with E-state index in [1.165, 1.54) is 50.1 Å². The quantitative estimate of drug-likeness (QED) is 0.152. The first kappa shape index (κ1) is 36.6. The van der Waals surface area contributed by atoms with Gasteiger partial charge >= 0.3 is 0 Å². The van der Waals surface area contributed by atoms with Crippen LogP contribution in [0.2, 0.25) is 0 Å². The Balaban J connectivity index is 0.976. The van der Waals surface area contributed by atoms with E-state index in [2.05, 4.69) is 241 Å². The third-order valence-corrected chi connectivity index (χ3v) is 13.0. The lowest BCUT2D eigenvalue weighted by Crippen LogP contribution is -2.28. The van der Waals surface area contributed by atoms with E-state index in [1.54, 1.807) is 0 Å². The fourth-order valence-electron chi connectivity index (χ4n) is 10.1. The normalized spacial score (nSPS) is 12.6. The summed E-state index contributed by atoms with van der Waals surface area (Å²) >= 11 is 0. The molecule has 0 atom stereocenters. The number of fused-ring (bicyclic) bond motifs is 6. The van der Waals surface area contributed by atoms with Crippen LogP contribution < -0.4 is 4.90 Å². The van der Waals surface area contributed by atoms with Crippen molar-refractivity contribution >= 4 is 39.0 Å². The van der Waals surface area contributed by atoms with E-state index in [0.29, 0.717) is 0 Å². The number of para-hydroxylation sites is 2. The SMILES string of the molecule is c1ccc(-c2ccc(N(c3ccc(-c4cccc5c4oc4ccccc45)cc3)c3cccc(-c4ccc5c(c4)-c4ccccc4C5(c4ccccc4)c4ccccc4)c3)cc2)cc1. The maximum Gasteiger partial charge on any atom is 0.143 e. The van der Waals surface area contributed by atoms with Crippen LogP contribution in [0, 0.1) is 0 Å². The Kier molecular flexibility index (Phi) is 8.76.